The number of thiazole rings is 1. The van der Waals surface area contributed by atoms with Crippen LogP contribution < -0.4 is 0 Å². The Morgan fingerprint density at radius 2 is 2.38 bits per heavy atom. The van der Waals surface area contributed by atoms with E-state index in [1.807, 2.05) is 19.2 Å². The van der Waals surface area contributed by atoms with Crippen molar-refractivity contribution in [3.63, 3.8) is 0 Å². The standard InChI is InChI=1S/C11H13N3OS/c1-3-14-6-9(5-12-14)10(15)4-11-13-8(2)7-16-11/h5-7H,3-4H2,1-2H3. The minimum Gasteiger partial charge on any atom is -0.294 e. The van der Waals surface area contributed by atoms with Crippen molar-refractivity contribution >= 4 is 17.1 Å². The van der Waals surface area contributed by atoms with Crippen LogP contribution in [0.1, 0.15) is 28.0 Å². The SMILES string of the molecule is CCn1cc(C(=O)Cc2nc(C)cs2)cn1. The van der Waals surface area contributed by atoms with Gasteiger partial charge in [0.1, 0.15) is 5.01 Å². The molecule has 5 heteroatoms. The Morgan fingerprint density at radius 1 is 1.56 bits per heavy atom. The number of carbonyl (C=O) groups excluding carboxylic acids is 1. The summed E-state index contributed by atoms with van der Waals surface area (Å²) in [5.41, 5.74) is 1.63. The Morgan fingerprint density at radius 3 is 2.94 bits per heavy atom. The molecule has 0 spiro atoms. The van der Waals surface area contributed by atoms with Crippen molar-refractivity contribution in [3.05, 3.63) is 34.0 Å². The molecular formula is C11H13N3OS. The molecule has 0 aliphatic carbocycles. The molecule has 4 nitrogen and oxygen atoms in total. The largest absolute Gasteiger partial charge is 0.294 e. The van der Waals surface area contributed by atoms with Crippen molar-refractivity contribution in [2.24, 2.45) is 0 Å². The maximum atomic E-state index is 11.9. The first-order chi connectivity index (χ1) is 7.69. The summed E-state index contributed by atoms with van der Waals surface area (Å²) in [7, 11) is 0. The normalized spacial score (nSPS) is 10.6. The van der Waals surface area contributed by atoms with Gasteiger partial charge in [0.2, 0.25) is 0 Å². The maximum Gasteiger partial charge on any atom is 0.172 e. The Kier molecular flexibility index (Phi) is 3.14. The average Bonchev–Trinajstić information content (AvgIpc) is 2.87. The smallest absolute Gasteiger partial charge is 0.172 e. The summed E-state index contributed by atoms with van der Waals surface area (Å²) in [6.45, 7) is 4.70. The lowest BCUT2D eigenvalue weighted by Gasteiger charge is -1.93. The van der Waals surface area contributed by atoms with E-state index in [-0.39, 0.29) is 5.78 Å². The summed E-state index contributed by atoms with van der Waals surface area (Å²) in [6.07, 6.45) is 3.77. The van der Waals surface area contributed by atoms with E-state index in [9.17, 15) is 4.79 Å². The molecule has 0 atom stereocenters. The van der Waals surface area contributed by atoms with Crippen LogP contribution in [0.15, 0.2) is 17.8 Å². The molecule has 84 valence electrons. The molecule has 0 saturated heterocycles. The van der Waals surface area contributed by atoms with Crippen molar-refractivity contribution in [3.8, 4) is 0 Å². The number of carbonyl (C=O) groups is 1. The van der Waals surface area contributed by atoms with Crippen LogP contribution in [-0.2, 0) is 13.0 Å². The topological polar surface area (TPSA) is 47.8 Å². The number of rotatable bonds is 4. The van der Waals surface area contributed by atoms with Gasteiger partial charge < -0.3 is 0 Å². The van der Waals surface area contributed by atoms with Crippen LogP contribution in [0.25, 0.3) is 0 Å². The molecule has 0 unspecified atom stereocenters. The molecule has 2 aromatic rings. The predicted octanol–water partition coefficient (Wildman–Crippen LogP) is 2.09. The highest BCUT2D eigenvalue weighted by molar-refractivity contribution is 7.09. The van der Waals surface area contributed by atoms with E-state index in [2.05, 4.69) is 10.1 Å². The van der Waals surface area contributed by atoms with E-state index in [1.54, 1.807) is 17.1 Å². The Balaban J connectivity index is 2.08. The van der Waals surface area contributed by atoms with E-state index < -0.39 is 0 Å². The van der Waals surface area contributed by atoms with Crippen LogP contribution in [-0.4, -0.2) is 20.5 Å². The van der Waals surface area contributed by atoms with Gasteiger partial charge in [-0.3, -0.25) is 9.48 Å². The second-order valence-electron chi connectivity index (χ2n) is 3.57. The van der Waals surface area contributed by atoms with Crippen LogP contribution in [0.5, 0.6) is 0 Å². The van der Waals surface area contributed by atoms with Gasteiger partial charge >= 0.3 is 0 Å². The van der Waals surface area contributed by atoms with Crippen LogP contribution in [0.2, 0.25) is 0 Å². The van der Waals surface area contributed by atoms with Crippen LogP contribution in [0.3, 0.4) is 0 Å². The molecule has 0 aliphatic heterocycles. The summed E-state index contributed by atoms with van der Waals surface area (Å²) < 4.78 is 1.75. The van der Waals surface area contributed by atoms with E-state index in [1.165, 1.54) is 11.3 Å². The first-order valence-corrected chi connectivity index (χ1v) is 6.03. The van der Waals surface area contributed by atoms with Gasteiger partial charge in [0.05, 0.1) is 18.2 Å². The van der Waals surface area contributed by atoms with Gasteiger partial charge in [-0.2, -0.15) is 5.10 Å². The third kappa shape index (κ3) is 2.36. The van der Waals surface area contributed by atoms with Crippen LogP contribution in [0, 0.1) is 6.92 Å². The molecule has 0 bridgehead atoms. The molecular weight excluding hydrogens is 222 g/mol. The molecule has 2 heterocycles. The highest BCUT2D eigenvalue weighted by Gasteiger charge is 2.11. The van der Waals surface area contributed by atoms with Crippen molar-refractivity contribution in [1.82, 2.24) is 14.8 Å². The second kappa shape index (κ2) is 4.57. The zero-order valence-electron chi connectivity index (χ0n) is 9.30. The van der Waals surface area contributed by atoms with Crippen molar-refractivity contribution in [2.75, 3.05) is 0 Å². The van der Waals surface area contributed by atoms with Gasteiger partial charge in [0.25, 0.3) is 0 Å². The zero-order valence-corrected chi connectivity index (χ0v) is 10.1. The van der Waals surface area contributed by atoms with Gasteiger partial charge in [0.15, 0.2) is 5.78 Å². The lowest BCUT2D eigenvalue weighted by Crippen LogP contribution is -2.02. The first-order valence-electron chi connectivity index (χ1n) is 5.15. The summed E-state index contributed by atoms with van der Waals surface area (Å²) in [6, 6.07) is 0. The van der Waals surface area contributed by atoms with Gasteiger partial charge in [-0.25, -0.2) is 4.98 Å². The van der Waals surface area contributed by atoms with Gasteiger partial charge in [-0.1, -0.05) is 0 Å². The number of aromatic nitrogens is 3. The number of aryl methyl sites for hydroxylation is 2. The predicted molar refractivity (Wildman–Crippen MR) is 62.8 cm³/mol. The molecule has 0 aromatic carbocycles. The highest BCUT2D eigenvalue weighted by atomic mass is 32.1. The summed E-state index contributed by atoms with van der Waals surface area (Å²) >= 11 is 1.53. The highest BCUT2D eigenvalue weighted by Crippen LogP contribution is 2.12. The fourth-order valence-corrected chi connectivity index (χ4v) is 2.17. The van der Waals surface area contributed by atoms with Crippen LogP contribution in [0.4, 0.5) is 0 Å². The van der Waals surface area contributed by atoms with E-state index >= 15 is 0 Å². The molecule has 0 N–H and O–H groups in total. The van der Waals surface area contributed by atoms with Gasteiger partial charge in [-0.05, 0) is 13.8 Å². The Hall–Kier alpha value is -1.49. The minimum absolute atomic E-state index is 0.0778. The number of nitrogens with zero attached hydrogens (tertiary/aromatic N) is 3. The average molecular weight is 235 g/mol. The molecule has 2 rings (SSSR count). The fourth-order valence-electron chi connectivity index (χ4n) is 1.40. The van der Waals surface area contributed by atoms with Crippen molar-refractivity contribution in [1.29, 1.82) is 0 Å². The summed E-state index contributed by atoms with van der Waals surface area (Å²) in [5.74, 6) is 0.0778. The lowest BCUT2D eigenvalue weighted by molar-refractivity contribution is 0.0993. The minimum atomic E-state index is 0.0778. The molecule has 2 aromatic heterocycles. The first kappa shape index (κ1) is 11.0. The van der Waals surface area contributed by atoms with E-state index in [0.29, 0.717) is 12.0 Å². The Bertz CT molecular complexity index is 501. The summed E-state index contributed by atoms with van der Waals surface area (Å²) in [4.78, 5) is 16.1. The molecule has 16 heavy (non-hydrogen) atoms. The lowest BCUT2D eigenvalue weighted by atomic mass is 10.2. The zero-order chi connectivity index (χ0) is 11.5. The molecule has 0 fully saturated rings. The number of ketones is 1. The summed E-state index contributed by atoms with van der Waals surface area (Å²) in [5, 5.41) is 6.91. The quantitative estimate of drug-likeness (QED) is 0.762. The van der Waals surface area contributed by atoms with Crippen molar-refractivity contribution < 1.29 is 4.79 Å². The van der Waals surface area contributed by atoms with Crippen molar-refractivity contribution in [2.45, 2.75) is 26.8 Å². The Labute approximate surface area is 97.9 Å². The molecule has 0 saturated carbocycles. The fraction of sp³-hybridized carbons (Fsp3) is 0.364. The second-order valence-corrected chi connectivity index (χ2v) is 4.51. The monoisotopic (exact) mass is 235 g/mol. The van der Waals surface area contributed by atoms with E-state index in [0.717, 1.165) is 17.2 Å². The molecule has 0 aliphatic rings. The third-order valence-electron chi connectivity index (χ3n) is 2.26. The molecule has 0 amide bonds. The third-order valence-corrected chi connectivity index (χ3v) is 3.22. The number of hydrogen-bond acceptors (Lipinski definition) is 4. The number of Topliss-reactive ketones (excluding diaryl/α,β-unsaturated/α-hetero) is 1. The molecule has 0 radical (unpaired) electrons. The number of hydrogen-bond donors (Lipinski definition) is 0. The van der Waals surface area contributed by atoms with E-state index in [4.69, 9.17) is 0 Å². The van der Waals surface area contributed by atoms with Gasteiger partial charge in [-0.15, -0.1) is 11.3 Å². The maximum absolute atomic E-state index is 11.9. The van der Waals surface area contributed by atoms with Gasteiger partial charge in [0, 0.05) is 23.8 Å². The van der Waals surface area contributed by atoms with Crippen LogP contribution >= 0.6 is 11.3 Å².